The molecule has 1 aromatic carbocycles. The van der Waals surface area contributed by atoms with Gasteiger partial charge in [0.15, 0.2) is 0 Å². The summed E-state index contributed by atoms with van der Waals surface area (Å²) in [6.45, 7) is 6.16. The molecule has 0 fully saturated rings. The van der Waals surface area contributed by atoms with Gasteiger partial charge in [0.05, 0.1) is 0 Å². The summed E-state index contributed by atoms with van der Waals surface area (Å²) in [4.78, 5) is 0. The molecule has 72 valence electrons. The Hall–Kier alpha value is 1.80. The maximum Gasteiger partial charge on any atom is 0.114 e. The molecule has 0 bridgehead atoms. The van der Waals surface area contributed by atoms with Crippen LogP contribution in [0.15, 0.2) is 12.1 Å². The molecule has 0 aliphatic heterocycles. The minimum atomic E-state index is 0. The normalized spacial score (nSPS) is 8.25. The van der Waals surface area contributed by atoms with Crippen LogP contribution in [0, 0.1) is 96.2 Å². The minimum absolute atomic E-state index is 0. The predicted octanol–water partition coefficient (Wildman–Crippen LogP) is 1.41. The van der Waals surface area contributed by atoms with Crippen LogP contribution >= 0.6 is 0 Å². The molecule has 1 rings (SSSR count). The second kappa shape index (κ2) is 7.14. The van der Waals surface area contributed by atoms with Gasteiger partial charge in [0, 0.05) is 75.5 Å². The Bertz CT molecular complexity index is 236. The van der Waals surface area contributed by atoms with Gasteiger partial charge in [-0.3, -0.25) is 0 Å². The van der Waals surface area contributed by atoms with Gasteiger partial charge in [0.1, 0.15) is 7.85 Å². The first-order chi connectivity index (χ1) is 4.61. The van der Waals surface area contributed by atoms with Crippen molar-refractivity contribution in [2.75, 3.05) is 0 Å². The van der Waals surface area contributed by atoms with Crippen molar-refractivity contribution < 1.29 is 75.5 Å². The van der Waals surface area contributed by atoms with Gasteiger partial charge in [-0.2, -0.15) is 0 Å². The molecule has 12 heavy (non-hydrogen) atoms. The summed E-state index contributed by atoms with van der Waals surface area (Å²) < 4.78 is 0. The first-order valence-corrected chi connectivity index (χ1v) is 3.44. The van der Waals surface area contributed by atoms with E-state index in [0.29, 0.717) is 0 Å². The van der Waals surface area contributed by atoms with Crippen molar-refractivity contribution in [3.63, 3.8) is 0 Å². The average Bonchev–Trinajstić information content (AvgIpc) is 1.82. The molecule has 0 aromatic heterocycles. The van der Waals surface area contributed by atoms with Gasteiger partial charge in [-0.1, -0.05) is 34.3 Å². The molecule has 1 aromatic rings. The van der Waals surface area contributed by atoms with Crippen LogP contribution in [0.25, 0.3) is 0 Å². The molecule has 0 nitrogen and oxygen atoms in total. The van der Waals surface area contributed by atoms with Gasteiger partial charge in [0.25, 0.3) is 0 Å². The molecule has 0 N–H and O–H groups in total. The molecule has 0 heterocycles. The van der Waals surface area contributed by atoms with Crippen LogP contribution in [0.3, 0.4) is 0 Å². The first-order valence-electron chi connectivity index (χ1n) is 3.44. The van der Waals surface area contributed by atoms with E-state index >= 15 is 0 Å². The van der Waals surface area contributed by atoms with Crippen LogP contribution in [-0.2, 0) is 0 Å². The fourth-order valence-corrected chi connectivity index (χ4v) is 1.19. The van der Waals surface area contributed by atoms with Crippen LogP contribution in [0.2, 0.25) is 0 Å². The topological polar surface area (TPSA) is 0 Å². The van der Waals surface area contributed by atoms with Crippen molar-refractivity contribution in [2.45, 2.75) is 20.8 Å². The molecule has 3 heteroatoms. The quantitative estimate of drug-likeness (QED) is 0.515. The zero-order valence-electron chi connectivity index (χ0n) is 7.34. The van der Waals surface area contributed by atoms with E-state index in [2.05, 4.69) is 19.1 Å². The van der Waals surface area contributed by atoms with Crippen LogP contribution in [0.5, 0.6) is 0 Å². The fourth-order valence-electron chi connectivity index (χ4n) is 1.19. The van der Waals surface area contributed by atoms with Crippen molar-refractivity contribution in [3.05, 3.63) is 28.8 Å². The molecule has 0 unspecified atom stereocenters. The van der Waals surface area contributed by atoms with E-state index in [-0.39, 0.29) is 75.5 Å². The number of hydrogen-bond acceptors (Lipinski definition) is 0. The van der Waals surface area contributed by atoms with Crippen molar-refractivity contribution in [3.8, 4) is 0 Å². The van der Waals surface area contributed by atoms with E-state index in [1.807, 2.05) is 13.8 Å². The van der Waals surface area contributed by atoms with Crippen molar-refractivity contribution in [1.29, 1.82) is 0 Å². The summed E-state index contributed by atoms with van der Waals surface area (Å²) in [7, 11) is 5.75. The van der Waals surface area contributed by atoms with Crippen LogP contribution in [0.4, 0.5) is 0 Å². The van der Waals surface area contributed by atoms with Gasteiger partial charge in [0.2, 0.25) is 0 Å². The Morgan fingerprint density at radius 1 is 0.917 bits per heavy atom. The van der Waals surface area contributed by atoms with Gasteiger partial charge >= 0.3 is 0 Å². The third kappa shape index (κ3) is 4.35. The Balaban J connectivity index is 0. The Morgan fingerprint density at radius 2 is 1.25 bits per heavy atom. The van der Waals surface area contributed by atoms with Gasteiger partial charge < -0.3 is 0 Å². The summed E-state index contributed by atoms with van der Waals surface area (Å²) in [5.74, 6) is 0. The van der Waals surface area contributed by atoms with Crippen LogP contribution in [0.1, 0.15) is 16.7 Å². The summed E-state index contributed by atoms with van der Waals surface area (Å²) in [5, 5.41) is 0. The minimum Gasteiger partial charge on any atom is -0.0909 e. The smallest absolute Gasteiger partial charge is 0.0909 e. The van der Waals surface area contributed by atoms with E-state index in [9.17, 15) is 0 Å². The standard InChI is InChI=1S/C9H11B.2Ho/c1-6-4-7(2)9(10)8(3)5-6;;/h4-5H,1-3H3;;. The van der Waals surface area contributed by atoms with Crippen molar-refractivity contribution in [2.24, 2.45) is 0 Å². The molecule has 0 aliphatic rings. The third-order valence-corrected chi connectivity index (χ3v) is 1.74. The zero-order valence-corrected chi connectivity index (χ0v) is 11.2. The summed E-state index contributed by atoms with van der Waals surface area (Å²) >= 11 is 0. The molecule has 0 saturated carbocycles. The second-order valence-electron chi connectivity index (χ2n) is 2.81. The molecule has 0 atom stereocenters. The number of rotatable bonds is 0. The summed E-state index contributed by atoms with van der Waals surface area (Å²) in [6.07, 6.45) is 0. The van der Waals surface area contributed by atoms with Crippen molar-refractivity contribution >= 4 is 13.3 Å². The largest absolute Gasteiger partial charge is 0.114 e. The molecule has 0 saturated heterocycles. The number of hydrogen-bond donors (Lipinski definition) is 0. The fraction of sp³-hybridized carbons (Fsp3) is 0.333. The average molecular weight is 460 g/mol. The molecule has 0 aliphatic carbocycles. The summed E-state index contributed by atoms with van der Waals surface area (Å²) in [5.41, 5.74) is 4.56. The Labute approximate surface area is 136 Å². The molecule has 4 radical (unpaired) electrons. The Morgan fingerprint density at radius 3 is 1.58 bits per heavy atom. The predicted molar refractivity (Wildman–Crippen MR) is 46.0 cm³/mol. The van der Waals surface area contributed by atoms with E-state index in [4.69, 9.17) is 7.85 Å². The van der Waals surface area contributed by atoms with Crippen molar-refractivity contribution in [1.82, 2.24) is 0 Å². The monoisotopic (exact) mass is 460 g/mol. The third-order valence-electron chi connectivity index (χ3n) is 1.74. The maximum atomic E-state index is 5.75. The van der Waals surface area contributed by atoms with Crippen LogP contribution < -0.4 is 5.46 Å². The number of benzene rings is 1. The van der Waals surface area contributed by atoms with Crippen LogP contribution in [-0.4, -0.2) is 7.85 Å². The second-order valence-corrected chi connectivity index (χ2v) is 2.81. The molecule has 0 spiro atoms. The summed E-state index contributed by atoms with van der Waals surface area (Å²) in [6, 6.07) is 4.20. The van der Waals surface area contributed by atoms with E-state index in [0.717, 1.165) is 5.46 Å². The molecular weight excluding hydrogens is 449 g/mol. The number of aryl methyl sites for hydroxylation is 3. The van der Waals surface area contributed by atoms with Gasteiger partial charge in [-0.15, -0.1) is 0 Å². The first kappa shape index (κ1) is 16.2. The molecule has 0 amide bonds. The van der Waals surface area contributed by atoms with E-state index < -0.39 is 0 Å². The Kier molecular flexibility index (Phi) is 9.67. The van der Waals surface area contributed by atoms with E-state index in [1.54, 1.807) is 0 Å². The van der Waals surface area contributed by atoms with E-state index in [1.165, 1.54) is 16.7 Å². The molecular formula is C9H11BHo2. The SMILES string of the molecule is [B]c1c(C)cc(C)cc1C.[Ho].[Ho]. The maximum absolute atomic E-state index is 5.75. The van der Waals surface area contributed by atoms with Gasteiger partial charge in [-0.25, -0.2) is 0 Å². The zero-order chi connectivity index (χ0) is 7.72. The van der Waals surface area contributed by atoms with Gasteiger partial charge in [-0.05, 0) is 20.8 Å².